The average molecular weight is 266 g/mol. The molecule has 0 spiro atoms. The molecule has 0 aliphatic rings. The highest BCUT2D eigenvalue weighted by Crippen LogP contribution is 2.14. The van der Waals surface area contributed by atoms with Crippen molar-refractivity contribution >= 4 is 11.6 Å². The van der Waals surface area contributed by atoms with E-state index in [0.717, 1.165) is 12.8 Å². The fraction of sp³-hybridized carbons (Fsp3) is 0.500. The largest absolute Gasteiger partial charge is 0.484 e. The molecule has 0 bridgehead atoms. The second kappa shape index (κ2) is 8.37. The van der Waals surface area contributed by atoms with Crippen LogP contribution in [0.4, 0.5) is 5.69 Å². The Morgan fingerprint density at radius 3 is 2.89 bits per heavy atom. The van der Waals surface area contributed by atoms with Gasteiger partial charge in [0.25, 0.3) is 5.91 Å². The van der Waals surface area contributed by atoms with Gasteiger partial charge in [-0.3, -0.25) is 4.79 Å². The maximum Gasteiger partial charge on any atom is 0.258 e. The lowest BCUT2D eigenvalue weighted by atomic mass is 10.2. The predicted octanol–water partition coefficient (Wildman–Crippen LogP) is 1.58. The van der Waals surface area contributed by atoms with Gasteiger partial charge in [-0.05, 0) is 18.6 Å². The van der Waals surface area contributed by atoms with Crippen LogP contribution in [0.3, 0.4) is 0 Å². The molecule has 0 fully saturated rings. The summed E-state index contributed by atoms with van der Waals surface area (Å²) in [5.41, 5.74) is 6.24. The minimum atomic E-state index is -0.155. The molecule has 1 rings (SSSR count). The van der Waals surface area contributed by atoms with Gasteiger partial charge in [-0.15, -0.1) is 0 Å². The number of nitrogen functional groups attached to an aromatic ring is 1. The first-order valence-corrected chi connectivity index (χ1v) is 6.42. The summed E-state index contributed by atoms with van der Waals surface area (Å²) in [7, 11) is 1.62. The van der Waals surface area contributed by atoms with E-state index in [4.69, 9.17) is 15.2 Å². The predicted molar refractivity (Wildman–Crippen MR) is 75.1 cm³/mol. The SMILES string of the molecule is CCCC(COC)NC(=O)COc1cccc(N)c1. The Bertz CT molecular complexity index is 390. The van der Waals surface area contributed by atoms with Gasteiger partial charge in [0.2, 0.25) is 0 Å². The fourth-order valence-corrected chi connectivity index (χ4v) is 1.77. The number of methoxy groups -OCH3 is 1. The van der Waals surface area contributed by atoms with Crippen LogP contribution in [0, 0.1) is 0 Å². The van der Waals surface area contributed by atoms with Crippen LogP contribution in [-0.4, -0.2) is 32.3 Å². The van der Waals surface area contributed by atoms with Gasteiger partial charge >= 0.3 is 0 Å². The number of rotatable bonds is 8. The number of benzene rings is 1. The number of hydrogen-bond donors (Lipinski definition) is 2. The van der Waals surface area contributed by atoms with E-state index in [-0.39, 0.29) is 18.6 Å². The van der Waals surface area contributed by atoms with Gasteiger partial charge in [0.15, 0.2) is 6.61 Å². The third kappa shape index (κ3) is 6.10. The minimum absolute atomic E-state index is 0.0205. The highest BCUT2D eigenvalue weighted by Gasteiger charge is 2.11. The molecule has 0 aromatic heterocycles. The van der Waals surface area contributed by atoms with Crippen LogP contribution in [0.2, 0.25) is 0 Å². The third-order valence-corrected chi connectivity index (χ3v) is 2.60. The smallest absolute Gasteiger partial charge is 0.258 e. The molecule has 106 valence electrons. The number of ether oxygens (including phenoxy) is 2. The van der Waals surface area contributed by atoms with Crippen LogP contribution in [0.15, 0.2) is 24.3 Å². The number of nitrogens with one attached hydrogen (secondary N) is 1. The molecule has 1 aromatic carbocycles. The van der Waals surface area contributed by atoms with Crippen molar-refractivity contribution < 1.29 is 14.3 Å². The molecule has 0 aliphatic carbocycles. The second-order valence-corrected chi connectivity index (χ2v) is 4.37. The minimum Gasteiger partial charge on any atom is -0.484 e. The molecular formula is C14H22N2O3. The first kappa shape index (κ1) is 15.3. The van der Waals surface area contributed by atoms with Crippen LogP contribution in [0.25, 0.3) is 0 Å². The molecule has 0 saturated carbocycles. The van der Waals surface area contributed by atoms with Crippen LogP contribution >= 0.6 is 0 Å². The highest BCUT2D eigenvalue weighted by atomic mass is 16.5. The highest BCUT2D eigenvalue weighted by molar-refractivity contribution is 5.77. The van der Waals surface area contributed by atoms with E-state index >= 15 is 0 Å². The van der Waals surface area contributed by atoms with Crippen molar-refractivity contribution in [1.29, 1.82) is 0 Å². The molecule has 1 amide bonds. The van der Waals surface area contributed by atoms with E-state index in [1.54, 1.807) is 31.4 Å². The van der Waals surface area contributed by atoms with Gasteiger partial charge in [-0.2, -0.15) is 0 Å². The first-order valence-electron chi connectivity index (χ1n) is 6.42. The molecule has 1 aromatic rings. The zero-order valence-electron chi connectivity index (χ0n) is 11.5. The summed E-state index contributed by atoms with van der Waals surface area (Å²) < 4.78 is 10.4. The Labute approximate surface area is 114 Å². The van der Waals surface area contributed by atoms with Crippen molar-refractivity contribution in [2.75, 3.05) is 26.1 Å². The summed E-state index contributed by atoms with van der Waals surface area (Å²) in [5, 5.41) is 2.88. The first-order chi connectivity index (χ1) is 9.15. The van der Waals surface area contributed by atoms with Crippen molar-refractivity contribution in [2.45, 2.75) is 25.8 Å². The van der Waals surface area contributed by atoms with Gasteiger partial charge in [-0.25, -0.2) is 0 Å². The van der Waals surface area contributed by atoms with Gasteiger partial charge < -0.3 is 20.5 Å². The Morgan fingerprint density at radius 1 is 1.47 bits per heavy atom. The quantitative estimate of drug-likeness (QED) is 0.701. The van der Waals surface area contributed by atoms with Crippen molar-refractivity contribution in [1.82, 2.24) is 5.32 Å². The van der Waals surface area contributed by atoms with Gasteiger partial charge in [0.05, 0.1) is 12.6 Å². The van der Waals surface area contributed by atoms with Gasteiger partial charge in [0.1, 0.15) is 5.75 Å². The molecular weight excluding hydrogens is 244 g/mol. The summed E-state index contributed by atoms with van der Waals surface area (Å²) in [6.07, 6.45) is 1.88. The number of amides is 1. The zero-order chi connectivity index (χ0) is 14.1. The summed E-state index contributed by atoms with van der Waals surface area (Å²) in [6, 6.07) is 7.04. The molecule has 1 atom stereocenters. The topological polar surface area (TPSA) is 73.6 Å². The molecule has 5 nitrogen and oxygen atoms in total. The Balaban J connectivity index is 2.37. The van der Waals surface area contributed by atoms with E-state index in [1.807, 2.05) is 0 Å². The average Bonchev–Trinajstić information content (AvgIpc) is 2.37. The second-order valence-electron chi connectivity index (χ2n) is 4.37. The summed E-state index contributed by atoms with van der Waals surface area (Å²) in [4.78, 5) is 11.7. The van der Waals surface area contributed by atoms with E-state index in [2.05, 4.69) is 12.2 Å². The Kier molecular flexibility index (Phi) is 6.74. The third-order valence-electron chi connectivity index (χ3n) is 2.60. The number of nitrogens with two attached hydrogens (primary N) is 1. The van der Waals surface area contributed by atoms with Crippen molar-refractivity contribution in [2.24, 2.45) is 0 Å². The van der Waals surface area contributed by atoms with Gasteiger partial charge in [0, 0.05) is 18.9 Å². The molecule has 0 radical (unpaired) electrons. The van der Waals surface area contributed by atoms with Crippen molar-refractivity contribution in [3.8, 4) is 5.75 Å². The lowest BCUT2D eigenvalue weighted by molar-refractivity contribution is -0.124. The standard InChI is InChI=1S/C14H22N2O3/c1-3-5-12(9-18-2)16-14(17)10-19-13-7-4-6-11(15)8-13/h4,6-8,12H,3,5,9-10,15H2,1-2H3,(H,16,17). The van der Waals surface area contributed by atoms with Crippen molar-refractivity contribution in [3.05, 3.63) is 24.3 Å². The van der Waals surface area contributed by atoms with Crippen LogP contribution in [0.5, 0.6) is 5.75 Å². The Morgan fingerprint density at radius 2 is 2.26 bits per heavy atom. The molecule has 5 heteroatoms. The molecule has 19 heavy (non-hydrogen) atoms. The van der Waals surface area contributed by atoms with E-state index < -0.39 is 0 Å². The van der Waals surface area contributed by atoms with Crippen LogP contribution in [-0.2, 0) is 9.53 Å². The number of carbonyl (C=O) groups excluding carboxylic acids is 1. The number of anilines is 1. The normalized spacial score (nSPS) is 11.9. The number of carbonyl (C=O) groups is 1. The van der Waals surface area contributed by atoms with E-state index in [1.165, 1.54) is 0 Å². The monoisotopic (exact) mass is 266 g/mol. The number of hydrogen-bond acceptors (Lipinski definition) is 4. The molecule has 3 N–H and O–H groups in total. The van der Waals surface area contributed by atoms with Crippen LogP contribution < -0.4 is 15.8 Å². The zero-order valence-corrected chi connectivity index (χ0v) is 11.5. The Hall–Kier alpha value is -1.75. The molecule has 1 unspecified atom stereocenters. The maximum absolute atomic E-state index is 11.7. The summed E-state index contributed by atoms with van der Waals surface area (Å²) >= 11 is 0. The lowest BCUT2D eigenvalue weighted by Crippen LogP contribution is -2.40. The lowest BCUT2D eigenvalue weighted by Gasteiger charge is -2.17. The maximum atomic E-state index is 11.7. The molecule has 0 heterocycles. The van der Waals surface area contributed by atoms with E-state index in [9.17, 15) is 4.79 Å². The van der Waals surface area contributed by atoms with Crippen LogP contribution in [0.1, 0.15) is 19.8 Å². The summed E-state index contributed by atoms with van der Waals surface area (Å²) in [5.74, 6) is 0.437. The van der Waals surface area contributed by atoms with Crippen molar-refractivity contribution in [3.63, 3.8) is 0 Å². The fourth-order valence-electron chi connectivity index (χ4n) is 1.77. The van der Waals surface area contributed by atoms with E-state index in [0.29, 0.717) is 18.0 Å². The molecule has 0 saturated heterocycles. The van der Waals surface area contributed by atoms with Gasteiger partial charge in [-0.1, -0.05) is 19.4 Å². The molecule has 0 aliphatic heterocycles. The summed E-state index contributed by atoms with van der Waals surface area (Å²) in [6.45, 7) is 2.56.